The molecule has 0 saturated heterocycles. The van der Waals surface area contributed by atoms with Crippen LogP contribution < -0.4 is 10.2 Å². The van der Waals surface area contributed by atoms with Gasteiger partial charge in [-0.05, 0) is 59.6 Å². The van der Waals surface area contributed by atoms with Gasteiger partial charge < -0.3 is 4.74 Å². The number of halogens is 3. The number of carbonyl (C=O) groups excluding carboxylic acids is 1. The van der Waals surface area contributed by atoms with Crippen LogP contribution in [-0.4, -0.2) is 27.8 Å². The average molecular weight is 538 g/mol. The highest BCUT2D eigenvalue weighted by molar-refractivity contribution is 9.10. The molecule has 0 aliphatic rings. The number of nitrogens with one attached hydrogen (secondary N) is 1. The van der Waals surface area contributed by atoms with Crippen molar-refractivity contribution in [1.82, 2.24) is 15.4 Å². The molecule has 1 N–H and O–H groups in total. The van der Waals surface area contributed by atoms with Gasteiger partial charge in [0.2, 0.25) is 0 Å². The third-order valence-electron chi connectivity index (χ3n) is 4.05. The van der Waals surface area contributed by atoms with Gasteiger partial charge in [-0.3, -0.25) is 4.79 Å². The number of hydrogen-bond donors (Lipinski definition) is 1. The Morgan fingerprint density at radius 1 is 1.25 bits per heavy atom. The standard InChI is InChI=1S/C22H19BrClFN4O2S/c1-13-7-14(2)28-22(27-13)32-12-20(30)29-26-10-15-8-17(23)21(18(24)9-15)31-11-16-5-3-4-6-19(16)25/h3-10H,11-12H2,1-2H3,(H,29,30)/b26-10-. The number of benzene rings is 2. The third-order valence-corrected chi connectivity index (χ3v) is 5.76. The van der Waals surface area contributed by atoms with Crippen LogP contribution in [0, 0.1) is 19.7 Å². The smallest absolute Gasteiger partial charge is 0.250 e. The Balaban J connectivity index is 1.55. The fraction of sp³-hybridized carbons (Fsp3) is 0.182. The summed E-state index contributed by atoms with van der Waals surface area (Å²) in [5.74, 6) is -0.112. The highest BCUT2D eigenvalue weighted by atomic mass is 79.9. The van der Waals surface area contributed by atoms with E-state index in [1.807, 2.05) is 19.9 Å². The number of ether oxygens (including phenoxy) is 1. The van der Waals surface area contributed by atoms with Gasteiger partial charge in [-0.25, -0.2) is 19.8 Å². The zero-order valence-corrected chi connectivity index (χ0v) is 20.4. The minimum atomic E-state index is -0.346. The molecule has 0 aliphatic heterocycles. The maximum Gasteiger partial charge on any atom is 0.250 e. The maximum absolute atomic E-state index is 13.8. The van der Waals surface area contributed by atoms with Gasteiger partial charge in [-0.2, -0.15) is 5.10 Å². The first-order valence-corrected chi connectivity index (χ1v) is 11.6. The van der Waals surface area contributed by atoms with Gasteiger partial charge in [0.15, 0.2) is 10.9 Å². The molecule has 1 aromatic heterocycles. The summed E-state index contributed by atoms with van der Waals surface area (Å²) in [5, 5.41) is 4.83. The van der Waals surface area contributed by atoms with Crippen molar-refractivity contribution in [3.63, 3.8) is 0 Å². The molecule has 1 heterocycles. The Bertz CT molecular complexity index is 1120. The van der Waals surface area contributed by atoms with E-state index in [4.69, 9.17) is 16.3 Å². The Labute approximate surface area is 202 Å². The summed E-state index contributed by atoms with van der Waals surface area (Å²) in [7, 11) is 0. The highest BCUT2D eigenvalue weighted by Crippen LogP contribution is 2.34. The molecule has 0 atom stereocenters. The lowest BCUT2D eigenvalue weighted by molar-refractivity contribution is -0.118. The number of aromatic nitrogens is 2. The van der Waals surface area contributed by atoms with Gasteiger partial charge in [-0.1, -0.05) is 41.6 Å². The summed E-state index contributed by atoms with van der Waals surface area (Å²) < 4.78 is 20.0. The minimum absolute atomic E-state index is 0.0380. The number of hydrogen-bond acceptors (Lipinski definition) is 6. The Morgan fingerprint density at radius 3 is 2.66 bits per heavy atom. The third kappa shape index (κ3) is 7.01. The van der Waals surface area contributed by atoms with Crippen LogP contribution >= 0.6 is 39.3 Å². The van der Waals surface area contributed by atoms with Crippen molar-refractivity contribution in [3.05, 3.63) is 80.3 Å². The molecule has 0 fully saturated rings. The molecular weight excluding hydrogens is 519 g/mol. The Morgan fingerprint density at radius 2 is 1.97 bits per heavy atom. The molecule has 0 bridgehead atoms. The predicted octanol–water partition coefficient (Wildman–Crippen LogP) is 5.47. The molecule has 166 valence electrons. The lowest BCUT2D eigenvalue weighted by Crippen LogP contribution is -2.19. The molecule has 3 rings (SSSR count). The van der Waals surface area contributed by atoms with E-state index in [1.54, 1.807) is 30.3 Å². The number of thioether (sulfide) groups is 1. The highest BCUT2D eigenvalue weighted by Gasteiger charge is 2.11. The van der Waals surface area contributed by atoms with E-state index in [0.717, 1.165) is 11.4 Å². The van der Waals surface area contributed by atoms with E-state index < -0.39 is 0 Å². The number of hydrazone groups is 1. The van der Waals surface area contributed by atoms with Gasteiger partial charge in [0, 0.05) is 17.0 Å². The average Bonchev–Trinajstić information content (AvgIpc) is 2.72. The van der Waals surface area contributed by atoms with Crippen molar-refractivity contribution in [1.29, 1.82) is 0 Å². The van der Waals surface area contributed by atoms with Crippen LogP contribution in [0.1, 0.15) is 22.5 Å². The van der Waals surface area contributed by atoms with Crippen molar-refractivity contribution in [2.24, 2.45) is 5.10 Å². The number of nitrogens with zero attached hydrogens (tertiary/aromatic N) is 3. The summed E-state index contributed by atoms with van der Waals surface area (Å²) in [6.45, 7) is 3.79. The number of carbonyl (C=O) groups is 1. The molecule has 6 nitrogen and oxygen atoms in total. The first-order chi connectivity index (χ1) is 15.3. The van der Waals surface area contributed by atoms with Crippen LogP contribution in [0.2, 0.25) is 5.02 Å². The zero-order chi connectivity index (χ0) is 23.1. The number of amides is 1. The lowest BCUT2D eigenvalue weighted by atomic mass is 10.2. The second-order valence-corrected chi connectivity index (χ2v) is 8.91. The van der Waals surface area contributed by atoms with Crippen LogP contribution in [0.5, 0.6) is 5.75 Å². The fourth-order valence-electron chi connectivity index (χ4n) is 2.66. The molecule has 0 spiro atoms. The summed E-state index contributed by atoms with van der Waals surface area (Å²) in [4.78, 5) is 20.6. The van der Waals surface area contributed by atoms with E-state index in [2.05, 4.69) is 36.4 Å². The molecule has 3 aromatic rings. The summed E-state index contributed by atoms with van der Waals surface area (Å²) in [6, 6.07) is 11.6. The second kappa shape index (κ2) is 11.4. The molecule has 1 amide bonds. The van der Waals surface area contributed by atoms with Gasteiger partial charge in [-0.15, -0.1) is 0 Å². The molecule has 0 saturated carbocycles. The van der Waals surface area contributed by atoms with Gasteiger partial charge in [0.1, 0.15) is 12.4 Å². The van der Waals surface area contributed by atoms with E-state index in [-0.39, 0.29) is 24.1 Å². The van der Waals surface area contributed by atoms with Crippen LogP contribution in [0.25, 0.3) is 0 Å². The SMILES string of the molecule is Cc1cc(C)nc(SCC(=O)N/N=C\c2cc(Cl)c(OCc3ccccc3F)c(Br)c2)n1. The molecule has 0 aliphatic carbocycles. The topological polar surface area (TPSA) is 76.5 Å². The molecule has 10 heteroatoms. The number of rotatable bonds is 8. The van der Waals surface area contributed by atoms with Gasteiger partial charge in [0.25, 0.3) is 5.91 Å². The van der Waals surface area contributed by atoms with Crippen LogP contribution in [-0.2, 0) is 11.4 Å². The van der Waals surface area contributed by atoms with E-state index >= 15 is 0 Å². The number of aryl methyl sites for hydroxylation is 2. The minimum Gasteiger partial charge on any atom is -0.486 e. The van der Waals surface area contributed by atoms with Crippen molar-refractivity contribution in [3.8, 4) is 5.75 Å². The zero-order valence-electron chi connectivity index (χ0n) is 17.2. The quantitative estimate of drug-likeness (QED) is 0.178. The molecule has 0 unspecified atom stereocenters. The largest absolute Gasteiger partial charge is 0.486 e. The van der Waals surface area contributed by atoms with E-state index in [9.17, 15) is 9.18 Å². The van der Waals surface area contributed by atoms with E-state index in [1.165, 1.54) is 24.0 Å². The van der Waals surface area contributed by atoms with E-state index in [0.29, 0.717) is 31.5 Å². The van der Waals surface area contributed by atoms with Gasteiger partial charge >= 0.3 is 0 Å². The molecule has 0 radical (unpaired) electrons. The summed E-state index contributed by atoms with van der Waals surface area (Å²) in [5.41, 5.74) is 5.23. The van der Waals surface area contributed by atoms with Crippen molar-refractivity contribution < 1.29 is 13.9 Å². The molecule has 2 aromatic carbocycles. The summed E-state index contributed by atoms with van der Waals surface area (Å²) in [6.07, 6.45) is 1.47. The Kier molecular flexibility index (Phi) is 8.60. The Hall–Kier alpha value is -2.49. The molecular formula is C22H19BrClFN4O2S. The summed E-state index contributed by atoms with van der Waals surface area (Å²) >= 11 is 10.9. The maximum atomic E-state index is 13.8. The second-order valence-electron chi connectivity index (χ2n) is 6.71. The lowest BCUT2D eigenvalue weighted by Gasteiger charge is -2.11. The van der Waals surface area contributed by atoms with Crippen molar-refractivity contribution >= 4 is 51.4 Å². The van der Waals surface area contributed by atoms with Crippen LogP contribution in [0.15, 0.2) is 57.2 Å². The fourth-order valence-corrected chi connectivity index (χ4v) is 4.39. The molecule has 32 heavy (non-hydrogen) atoms. The first kappa shape index (κ1) is 24.2. The van der Waals surface area contributed by atoms with Crippen molar-refractivity contribution in [2.75, 3.05) is 5.75 Å². The predicted molar refractivity (Wildman–Crippen MR) is 128 cm³/mol. The van der Waals surface area contributed by atoms with Crippen LogP contribution in [0.4, 0.5) is 4.39 Å². The van der Waals surface area contributed by atoms with Crippen LogP contribution in [0.3, 0.4) is 0 Å². The monoisotopic (exact) mass is 536 g/mol. The van der Waals surface area contributed by atoms with Gasteiger partial charge in [0.05, 0.1) is 21.5 Å². The first-order valence-electron chi connectivity index (χ1n) is 9.44. The normalized spacial score (nSPS) is 11.0. The van der Waals surface area contributed by atoms with Crippen molar-refractivity contribution in [2.45, 2.75) is 25.6 Å².